The van der Waals surface area contributed by atoms with Crippen molar-refractivity contribution in [1.29, 1.82) is 0 Å². The van der Waals surface area contributed by atoms with Gasteiger partial charge in [-0.05, 0) is 37.7 Å². The standard InChI is InChI=1S/C15H26O/c1-3-5-8-13(4-2)11-14-9-6-7-10-15(16)12-14/h12-13H,3-11H2,1-2H3. The van der Waals surface area contributed by atoms with Crippen molar-refractivity contribution in [3.05, 3.63) is 11.6 Å². The van der Waals surface area contributed by atoms with E-state index in [1.165, 1.54) is 44.1 Å². The van der Waals surface area contributed by atoms with Crippen LogP contribution in [0.5, 0.6) is 0 Å². The number of hydrogen-bond donors (Lipinski definition) is 0. The molecule has 0 saturated carbocycles. The number of ketones is 1. The molecule has 0 aromatic carbocycles. The maximum atomic E-state index is 11.5. The Morgan fingerprint density at radius 3 is 2.69 bits per heavy atom. The molecular formula is C15H26O. The van der Waals surface area contributed by atoms with Crippen LogP contribution in [0.25, 0.3) is 0 Å². The summed E-state index contributed by atoms with van der Waals surface area (Å²) in [5.41, 5.74) is 1.42. The van der Waals surface area contributed by atoms with E-state index in [9.17, 15) is 4.79 Å². The molecule has 0 bridgehead atoms. The summed E-state index contributed by atoms with van der Waals surface area (Å²) in [5.74, 6) is 1.16. The van der Waals surface area contributed by atoms with Gasteiger partial charge in [-0.3, -0.25) is 4.79 Å². The molecule has 0 saturated heterocycles. The molecule has 1 nitrogen and oxygen atoms in total. The normalized spacial score (nSPS) is 19.1. The van der Waals surface area contributed by atoms with Gasteiger partial charge < -0.3 is 0 Å². The molecule has 0 aliphatic heterocycles. The van der Waals surface area contributed by atoms with Crippen molar-refractivity contribution in [2.75, 3.05) is 0 Å². The Labute approximate surface area is 100 Å². The van der Waals surface area contributed by atoms with E-state index < -0.39 is 0 Å². The van der Waals surface area contributed by atoms with Crippen molar-refractivity contribution in [2.24, 2.45) is 5.92 Å². The SMILES string of the molecule is CCCCC(CC)CC1=CC(=O)CCCC1. The second kappa shape index (κ2) is 7.65. The lowest BCUT2D eigenvalue weighted by molar-refractivity contribution is -0.114. The average Bonchev–Trinajstić information content (AvgIpc) is 2.48. The highest BCUT2D eigenvalue weighted by molar-refractivity contribution is 5.90. The quantitative estimate of drug-likeness (QED) is 0.638. The maximum absolute atomic E-state index is 11.5. The van der Waals surface area contributed by atoms with E-state index in [0.29, 0.717) is 5.78 Å². The van der Waals surface area contributed by atoms with Crippen LogP contribution in [-0.2, 0) is 4.79 Å². The number of carbonyl (C=O) groups is 1. The molecule has 1 aliphatic carbocycles. The molecule has 1 rings (SSSR count). The van der Waals surface area contributed by atoms with Crippen molar-refractivity contribution in [1.82, 2.24) is 0 Å². The highest BCUT2D eigenvalue weighted by Crippen LogP contribution is 2.26. The molecule has 0 radical (unpaired) electrons. The summed E-state index contributed by atoms with van der Waals surface area (Å²) in [6, 6.07) is 0. The fourth-order valence-corrected chi connectivity index (χ4v) is 2.50. The van der Waals surface area contributed by atoms with Gasteiger partial charge in [-0.2, -0.15) is 0 Å². The third kappa shape index (κ3) is 4.96. The number of hydrogen-bond acceptors (Lipinski definition) is 1. The van der Waals surface area contributed by atoms with Gasteiger partial charge in [0.25, 0.3) is 0 Å². The van der Waals surface area contributed by atoms with Gasteiger partial charge in [0.2, 0.25) is 0 Å². The van der Waals surface area contributed by atoms with Crippen LogP contribution in [0.4, 0.5) is 0 Å². The van der Waals surface area contributed by atoms with Gasteiger partial charge in [0.1, 0.15) is 0 Å². The first kappa shape index (κ1) is 13.5. The Morgan fingerprint density at radius 2 is 2.00 bits per heavy atom. The van der Waals surface area contributed by atoms with E-state index in [4.69, 9.17) is 0 Å². The molecule has 1 atom stereocenters. The van der Waals surface area contributed by atoms with Gasteiger partial charge in [-0.25, -0.2) is 0 Å². The van der Waals surface area contributed by atoms with Gasteiger partial charge >= 0.3 is 0 Å². The Bertz CT molecular complexity index is 240. The zero-order valence-corrected chi connectivity index (χ0v) is 10.9. The number of unbranched alkanes of at least 4 members (excludes halogenated alkanes) is 1. The Hall–Kier alpha value is -0.590. The zero-order valence-electron chi connectivity index (χ0n) is 10.9. The van der Waals surface area contributed by atoms with E-state index in [2.05, 4.69) is 13.8 Å². The van der Waals surface area contributed by atoms with Gasteiger partial charge in [0.05, 0.1) is 0 Å². The van der Waals surface area contributed by atoms with Gasteiger partial charge in [0, 0.05) is 6.42 Å². The minimum Gasteiger partial charge on any atom is -0.295 e. The van der Waals surface area contributed by atoms with Crippen molar-refractivity contribution in [3.63, 3.8) is 0 Å². The summed E-state index contributed by atoms with van der Waals surface area (Å²) in [4.78, 5) is 11.5. The Kier molecular flexibility index (Phi) is 6.44. The fourth-order valence-electron chi connectivity index (χ4n) is 2.50. The minimum absolute atomic E-state index is 0.359. The lowest BCUT2D eigenvalue weighted by Crippen LogP contribution is -2.02. The van der Waals surface area contributed by atoms with Crippen molar-refractivity contribution >= 4 is 5.78 Å². The van der Waals surface area contributed by atoms with Crippen molar-refractivity contribution in [2.45, 2.75) is 71.6 Å². The van der Waals surface area contributed by atoms with Gasteiger partial charge in [0.15, 0.2) is 5.78 Å². The molecule has 1 aliphatic rings. The summed E-state index contributed by atoms with van der Waals surface area (Å²) in [6.45, 7) is 4.53. The maximum Gasteiger partial charge on any atom is 0.155 e. The lowest BCUT2D eigenvalue weighted by atomic mass is 9.90. The molecular weight excluding hydrogens is 196 g/mol. The average molecular weight is 222 g/mol. The van der Waals surface area contributed by atoms with E-state index in [1.807, 2.05) is 6.08 Å². The molecule has 0 fully saturated rings. The molecule has 0 amide bonds. The van der Waals surface area contributed by atoms with Crippen LogP contribution in [0.15, 0.2) is 11.6 Å². The molecule has 0 aromatic rings. The van der Waals surface area contributed by atoms with E-state index >= 15 is 0 Å². The smallest absolute Gasteiger partial charge is 0.155 e. The first-order chi connectivity index (χ1) is 7.76. The summed E-state index contributed by atoms with van der Waals surface area (Å²) in [7, 11) is 0. The third-order valence-corrected chi connectivity index (χ3v) is 3.63. The molecule has 0 spiro atoms. The van der Waals surface area contributed by atoms with E-state index in [-0.39, 0.29) is 0 Å². The van der Waals surface area contributed by atoms with E-state index in [1.54, 1.807) is 0 Å². The molecule has 0 aromatic heterocycles. The highest BCUT2D eigenvalue weighted by Gasteiger charge is 2.13. The predicted molar refractivity (Wildman–Crippen MR) is 69.5 cm³/mol. The van der Waals surface area contributed by atoms with Crippen molar-refractivity contribution in [3.8, 4) is 0 Å². The van der Waals surface area contributed by atoms with Crippen LogP contribution in [-0.4, -0.2) is 5.78 Å². The molecule has 0 heterocycles. The first-order valence-corrected chi connectivity index (χ1v) is 6.98. The zero-order chi connectivity index (χ0) is 11.8. The summed E-state index contributed by atoms with van der Waals surface area (Å²) in [6.07, 6.45) is 12.6. The Balaban J connectivity index is 2.45. The fraction of sp³-hybridized carbons (Fsp3) is 0.800. The Morgan fingerprint density at radius 1 is 1.25 bits per heavy atom. The second-order valence-corrected chi connectivity index (χ2v) is 5.10. The second-order valence-electron chi connectivity index (χ2n) is 5.10. The predicted octanol–water partition coefficient (Wildman–Crippen LogP) is 4.66. The highest BCUT2D eigenvalue weighted by atomic mass is 16.1. The molecule has 0 N–H and O–H groups in total. The summed E-state index contributed by atoms with van der Waals surface area (Å²) in [5, 5.41) is 0. The van der Waals surface area contributed by atoms with Crippen LogP contribution in [0.3, 0.4) is 0 Å². The summed E-state index contributed by atoms with van der Waals surface area (Å²) >= 11 is 0. The lowest BCUT2D eigenvalue weighted by Gasteiger charge is -2.16. The van der Waals surface area contributed by atoms with Crippen molar-refractivity contribution < 1.29 is 4.79 Å². The van der Waals surface area contributed by atoms with Crippen LogP contribution >= 0.6 is 0 Å². The van der Waals surface area contributed by atoms with Gasteiger partial charge in [-0.15, -0.1) is 0 Å². The number of carbonyl (C=O) groups excluding carboxylic acids is 1. The summed E-state index contributed by atoms with van der Waals surface area (Å²) < 4.78 is 0. The molecule has 1 unspecified atom stereocenters. The molecule has 1 heteroatoms. The largest absolute Gasteiger partial charge is 0.295 e. The van der Waals surface area contributed by atoms with Crippen LogP contribution in [0.2, 0.25) is 0 Å². The van der Waals surface area contributed by atoms with Crippen LogP contribution in [0.1, 0.15) is 71.6 Å². The number of allylic oxidation sites excluding steroid dienone is 2. The molecule has 16 heavy (non-hydrogen) atoms. The topological polar surface area (TPSA) is 17.1 Å². The number of rotatable bonds is 6. The van der Waals surface area contributed by atoms with Crippen LogP contribution in [0, 0.1) is 5.92 Å². The monoisotopic (exact) mass is 222 g/mol. The third-order valence-electron chi connectivity index (χ3n) is 3.63. The molecule has 92 valence electrons. The van der Waals surface area contributed by atoms with E-state index in [0.717, 1.165) is 25.2 Å². The van der Waals surface area contributed by atoms with Gasteiger partial charge in [-0.1, -0.05) is 45.1 Å². The first-order valence-electron chi connectivity index (χ1n) is 6.98. The minimum atomic E-state index is 0.359. The van der Waals surface area contributed by atoms with Crippen LogP contribution < -0.4 is 0 Å².